The Morgan fingerprint density at radius 1 is 1.35 bits per heavy atom. The van der Waals surface area contributed by atoms with E-state index in [4.69, 9.17) is 16.9 Å². The Hall–Kier alpha value is -1.79. The van der Waals surface area contributed by atoms with Gasteiger partial charge in [-0.05, 0) is 37.1 Å². The summed E-state index contributed by atoms with van der Waals surface area (Å²) >= 11 is 5.96. The fourth-order valence-corrected chi connectivity index (χ4v) is 2.02. The number of halogens is 1. The molecule has 1 aromatic carbocycles. The molecule has 0 unspecified atom stereocenters. The van der Waals surface area contributed by atoms with Crippen molar-refractivity contribution >= 4 is 11.6 Å². The molecule has 2 aromatic rings. The van der Waals surface area contributed by atoms with Gasteiger partial charge in [0.1, 0.15) is 0 Å². The van der Waals surface area contributed by atoms with Crippen LogP contribution in [0.2, 0.25) is 5.02 Å². The molecule has 0 spiro atoms. The van der Waals surface area contributed by atoms with E-state index >= 15 is 0 Å². The van der Waals surface area contributed by atoms with Gasteiger partial charge in [-0.2, -0.15) is 10.4 Å². The van der Waals surface area contributed by atoms with E-state index in [1.54, 1.807) is 18.2 Å². The van der Waals surface area contributed by atoms with Crippen LogP contribution in [0.25, 0.3) is 11.3 Å². The summed E-state index contributed by atoms with van der Waals surface area (Å²) < 4.78 is 1.97. The zero-order valence-corrected chi connectivity index (χ0v) is 9.85. The van der Waals surface area contributed by atoms with Gasteiger partial charge in [-0.25, -0.2) is 0 Å². The Labute approximate surface area is 104 Å². The van der Waals surface area contributed by atoms with Crippen LogP contribution in [0.4, 0.5) is 0 Å². The van der Waals surface area contributed by atoms with Gasteiger partial charge in [-0.1, -0.05) is 11.6 Å². The first-order chi connectivity index (χ1) is 8.28. The summed E-state index contributed by atoms with van der Waals surface area (Å²) in [5, 5.41) is 14.2. The van der Waals surface area contributed by atoms with Crippen LogP contribution in [0.1, 0.15) is 24.4 Å². The largest absolute Gasteiger partial charge is 0.269 e. The summed E-state index contributed by atoms with van der Waals surface area (Å²) in [6, 6.07) is 9.90. The van der Waals surface area contributed by atoms with Gasteiger partial charge in [0.2, 0.25) is 0 Å². The summed E-state index contributed by atoms with van der Waals surface area (Å²) in [6.07, 6.45) is 4.36. The van der Waals surface area contributed by atoms with Crippen LogP contribution in [-0.2, 0) is 0 Å². The summed E-state index contributed by atoms with van der Waals surface area (Å²) in [5.41, 5.74) is 2.23. The zero-order valence-electron chi connectivity index (χ0n) is 9.10. The van der Waals surface area contributed by atoms with Crippen LogP contribution in [0, 0.1) is 11.3 Å². The predicted molar refractivity (Wildman–Crippen MR) is 65.7 cm³/mol. The van der Waals surface area contributed by atoms with Crippen LogP contribution in [0.15, 0.2) is 30.5 Å². The smallest absolute Gasteiger partial charge is 0.0998 e. The molecule has 1 aromatic heterocycles. The van der Waals surface area contributed by atoms with Gasteiger partial charge >= 0.3 is 0 Å². The minimum Gasteiger partial charge on any atom is -0.269 e. The number of nitriles is 1. The van der Waals surface area contributed by atoms with Crippen LogP contribution < -0.4 is 0 Å². The number of rotatable bonds is 2. The number of benzene rings is 1. The lowest BCUT2D eigenvalue weighted by Crippen LogP contribution is -1.94. The quantitative estimate of drug-likeness (QED) is 0.811. The molecule has 0 atom stereocenters. The van der Waals surface area contributed by atoms with Gasteiger partial charge in [0.15, 0.2) is 0 Å². The zero-order chi connectivity index (χ0) is 11.8. The lowest BCUT2D eigenvalue weighted by Gasteiger charge is -2.01. The van der Waals surface area contributed by atoms with E-state index in [1.165, 1.54) is 12.8 Å². The average molecular weight is 244 g/mol. The third-order valence-corrected chi connectivity index (χ3v) is 3.14. The first-order valence-corrected chi connectivity index (χ1v) is 5.91. The summed E-state index contributed by atoms with van der Waals surface area (Å²) in [6.45, 7) is 0. The summed E-state index contributed by atoms with van der Waals surface area (Å²) in [7, 11) is 0. The van der Waals surface area contributed by atoms with Gasteiger partial charge in [-0.15, -0.1) is 0 Å². The summed E-state index contributed by atoms with van der Waals surface area (Å²) in [5.74, 6) is 0. The van der Waals surface area contributed by atoms with Crippen molar-refractivity contribution in [2.24, 2.45) is 0 Å². The average Bonchev–Trinajstić information content (AvgIpc) is 3.07. The van der Waals surface area contributed by atoms with Gasteiger partial charge in [0.25, 0.3) is 0 Å². The molecular weight excluding hydrogens is 234 g/mol. The van der Waals surface area contributed by atoms with E-state index in [0.717, 1.165) is 11.3 Å². The van der Waals surface area contributed by atoms with Gasteiger partial charge in [0, 0.05) is 16.8 Å². The van der Waals surface area contributed by atoms with Crippen molar-refractivity contribution in [2.75, 3.05) is 0 Å². The Morgan fingerprint density at radius 3 is 2.88 bits per heavy atom. The molecule has 1 fully saturated rings. The first-order valence-electron chi connectivity index (χ1n) is 5.53. The third-order valence-electron chi connectivity index (χ3n) is 2.91. The minimum absolute atomic E-state index is 0.550. The number of nitrogens with zero attached hydrogens (tertiary/aromatic N) is 3. The molecule has 4 heteroatoms. The van der Waals surface area contributed by atoms with Gasteiger partial charge in [-0.3, -0.25) is 4.68 Å². The van der Waals surface area contributed by atoms with Crippen LogP contribution in [0.5, 0.6) is 0 Å². The molecule has 1 aliphatic carbocycles. The van der Waals surface area contributed by atoms with E-state index < -0.39 is 0 Å². The second-order valence-electron chi connectivity index (χ2n) is 4.21. The van der Waals surface area contributed by atoms with E-state index in [9.17, 15) is 0 Å². The molecule has 0 amide bonds. The minimum atomic E-state index is 0.550. The molecule has 17 heavy (non-hydrogen) atoms. The monoisotopic (exact) mass is 243 g/mol. The first kappa shape index (κ1) is 10.4. The topological polar surface area (TPSA) is 41.6 Å². The molecule has 3 nitrogen and oxygen atoms in total. The second kappa shape index (κ2) is 3.90. The molecule has 0 bridgehead atoms. The highest BCUT2D eigenvalue weighted by atomic mass is 35.5. The van der Waals surface area contributed by atoms with E-state index in [2.05, 4.69) is 11.2 Å². The Balaban J connectivity index is 2.07. The maximum absolute atomic E-state index is 9.07. The second-order valence-corrected chi connectivity index (χ2v) is 4.65. The van der Waals surface area contributed by atoms with Crippen LogP contribution >= 0.6 is 11.6 Å². The lowest BCUT2D eigenvalue weighted by atomic mass is 10.1. The van der Waals surface area contributed by atoms with Crippen molar-refractivity contribution in [2.45, 2.75) is 18.9 Å². The third kappa shape index (κ3) is 1.92. The van der Waals surface area contributed by atoms with Crippen molar-refractivity contribution in [1.29, 1.82) is 5.26 Å². The number of hydrogen-bond acceptors (Lipinski definition) is 2. The molecular formula is C13H10ClN3. The van der Waals surface area contributed by atoms with E-state index in [1.807, 2.05) is 16.9 Å². The Kier molecular flexibility index (Phi) is 2.38. The molecule has 0 radical (unpaired) electrons. The van der Waals surface area contributed by atoms with Crippen LogP contribution in [0.3, 0.4) is 0 Å². The van der Waals surface area contributed by atoms with Gasteiger partial charge < -0.3 is 0 Å². The van der Waals surface area contributed by atoms with E-state index in [-0.39, 0.29) is 0 Å². The molecule has 1 saturated carbocycles. The van der Waals surface area contributed by atoms with E-state index in [0.29, 0.717) is 16.6 Å². The summed E-state index contributed by atoms with van der Waals surface area (Å²) in [4.78, 5) is 0. The molecule has 0 aliphatic heterocycles. The fourth-order valence-electron chi connectivity index (χ4n) is 1.85. The van der Waals surface area contributed by atoms with Crippen molar-refractivity contribution in [1.82, 2.24) is 9.78 Å². The highest BCUT2D eigenvalue weighted by Crippen LogP contribution is 2.35. The molecule has 1 aliphatic rings. The molecule has 1 heterocycles. The molecule has 3 rings (SSSR count). The lowest BCUT2D eigenvalue weighted by molar-refractivity contribution is 0.644. The SMILES string of the molecule is N#Cc1ccc(Cl)cc1-c1ccn(C2CC2)n1. The van der Waals surface area contributed by atoms with Crippen LogP contribution in [-0.4, -0.2) is 9.78 Å². The Bertz CT molecular complexity index is 605. The van der Waals surface area contributed by atoms with Crippen molar-refractivity contribution in [3.8, 4) is 17.3 Å². The maximum atomic E-state index is 9.07. The standard InChI is InChI=1S/C13H10ClN3/c14-10-2-1-9(8-15)12(7-10)13-5-6-17(16-13)11-3-4-11/h1-2,5-7,11H,3-4H2. The highest BCUT2D eigenvalue weighted by Gasteiger charge is 2.24. The normalized spacial score (nSPS) is 14.6. The fraction of sp³-hybridized carbons (Fsp3) is 0.231. The number of hydrogen-bond donors (Lipinski definition) is 0. The molecule has 84 valence electrons. The number of aromatic nitrogens is 2. The predicted octanol–water partition coefficient (Wildman–Crippen LogP) is 3.41. The molecule has 0 N–H and O–H groups in total. The van der Waals surface area contributed by atoms with Crippen molar-refractivity contribution in [3.05, 3.63) is 41.0 Å². The molecule has 0 saturated heterocycles. The van der Waals surface area contributed by atoms with Gasteiger partial charge in [0.05, 0.1) is 23.4 Å². The van der Waals surface area contributed by atoms with Crippen molar-refractivity contribution < 1.29 is 0 Å². The highest BCUT2D eigenvalue weighted by molar-refractivity contribution is 6.30. The van der Waals surface area contributed by atoms with Crippen molar-refractivity contribution in [3.63, 3.8) is 0 Å². The maximum Gasteiger partial charge on any atom is 0.0998 e. The Morgan fingerprint density at radius 2 is 2.18 bits per heavy atom.